The van der Waals surface area contributed by atoms with Gasteiger partial charge in [0.2, 0.25) is 0 Å². The molecule has 1 aliphatic rings. The fourth-order valence-electron chi connectivity index (χ4n) is 2.81. The first kappa shape index (κ1) is 18.8. The molecule has 1 amide bonds. The molecule has 2 atom stereocenters. The normalized spacial score (nSPS) is 19.9. The predicted molar refractivity (Wildman–Crippen MR) is 99.5 cm³/mol. The van der Waals surface area contributed by atoms with Gasteiger partial charge >= 0.3 is 0 Å². The third kappa shape index (κ3) is 5.03. The zero-order valence-corrected chi connectivity index (χ0v) is 15.9. The summed E-state index contributed by atoms with van der Waals surface area (Å²) in [5, 5.41) is 4.97. The van der Waals surface area contributed by atoms with Crippen molar-refractivity contribution in [1.82, 2.24) is 10.3 Å². The highest BCUT2D eigenvalue weighted by Gasteiger charge is 2.28. The van der Waals surface area contributed by atoms with Crippen LogP contribution in [0.5, 0.6) is 5.75 Å². The summed E-state index contributed by atoms with van der Waals surface area (Å²) < 4.78 is 17.1. The summed E-state index contributed by atoms with van der Waals surface area (Å²) in [4.78, 5) is 16.5. The molecule has 2 unspecified atom stereocenters. The molecule has 1 aromatic carbocycles. The Morgan fingerprint density at radius 3 is 3.12 bits per heavy atom. The molecule has 2 heterocycles. The fraction of sp³-hybridized carbons (Fsp3) is 0.474. The van der Waals surface area contributed by atoms with E-state index in [2.05, 4.69) is 10.3 Å². The Hall–Kier alpha value is -1.96. The number of amides is 1. The zero-order valence-electron chi connectivity index (χ0n) is 15.1. The number of aryl methyl sites for hydroxylation is 1. The van der Waals surface area contributed by atoms with Crippen molar-refractivity contribution in [1.29, 1.82) is 0 Å². The molecule has 26 heavy (non-hydrogen) atoms. The van der Waals surface area contributed by atoms with Crippen LogP contribution in [0.2, 0.25) is 0 Å². The van der Waals surface area contributed by atoms with Gasteiger partial charge in [-0.1, -0.05) is 12.1 Å². The van der Waals surface area contributed by atoms with Crippen molar-refractivity contribution in [2.24, 2.45) is 0 Å². The first-order valence-electron chi connectivity index (χ1n) is 8.68. The lowest BCUT2D eigenvalue weighted by molar-refractivity contribution is -0.128. The minimum atomic E-state index is -0.185. The second kappa shape index (κ2) is 9.12. The molecule has 1 saturated heterocycles. The summed E-state index contributed by atoms with van der Waals surface area (Å²) in [6, 6.07) is 5.74. The first-order valence-corrected chi connectivity index (χ1v) is 9.62. The minimum absolute atomic E-state index is 0.0134. The van der Waals surface area contributed by atoms with Crippen LogP contribution in [-0.2, 0) is 20.9 Å². The zero-order chi connectivity index (χ0) is 18.4. The standard InChI is InChI=1S/C19H24N2O4S/c1-13-4-3-5-17(14(13)2)25-10-19(22)21-16-6-7-23-9-18(16)24-8-15-11-26-12-20-15/h3-5,11-12,16,18H,6-10H2,1-2H3,(H,21,22). The van der Waals surface area contributed by atoms with E-state index in [1.165, 1.54) is 11.3 Å². The van der Waals surface area contributed by atoms with Crippen LogP contribution < -0.4 is 10.1 Å². The molecule has 0 saturated carbocycles. The average Bonchev–Trinajstić information content (AvgIpc) is 3.16. The Morgan fingerprint density at radius 1 is 1.42 bits per heavy atom. The Balaban J connectivity index is 1.50. The van der Waals surface area contributed by atoms with Crippen LogP contribution in [0.15, 0.2) is 29.1 Å². The van der Waals surface area contributed by atoms with Crippen molar-refractivity contribution in [3.05, 3.63) is 45.9 Å². The molecule has 3 rings (SSSR count). The summed E-state index contributed by atoms with van der Waals surface area (Å²) in [7, 11) is 0. The molecule has 1 aromatic heterocycles. The summed E-state index contributed by atoms with van der Waals surface area (Å²) in [6.07, 6.45) is 0.534. The number of nitrogens with one attached hydrogen (secondary N) is 1. The van der Waals surface area contributed by atoms with Gasteiger partial charge < -0.3 is 19.5 Å². The Morgan fingerprint density at radius 2 is 2.31 bits per heavy atom. The van der Waals surface area contributed by atoms with E-state index < -0.39 is 0 Å². The van der Waals surface area contributed by atoms with Crippen LogP contribution >= 0.6 is 11.3 Å². The van der Waals surface area contributed by atoms with Crippen molar-refractivity contribution < 1.29 is 19.0 Å². The maximum absolute atomic E-state index is 12.3. The van der Waals surface area contributed by atoms with Crippen LogP contribution in [0.25, 0.3) is 0 Å². The van der Waals surface area contributed by atoms with E-state index in [-0.39, 0.29) is 24.7 Å². The van der Waals surface area contributed by atoms with Gasteiger partial charge in [0.25, 0.3) is 5.91 Å². The van der Waals surface area contributed by atoms with Gasteiger partial charge in [0, 0.05) is 12.0 Å². The molecule has 1 aliphatic heterocycles. The number of carbonyl (C=O) groups excluding carboxylic acids is 1. The molecular formula is C19H24N2O4S. The van der Waals surface area contributed by atoms with E-state index in [9.17, 15) is 4.79 Å². The smallest absolute Gasteiger partial charge is 0.258 e. The maximum atomic E-state index is 12.3. The van der Waals surface area contributed by atoms with Crippen molar-refractivity contribution in [2.45, 2.75) is 39.0 Å². The number of aromatic nitrogens is 1. The molecule has 0 aliphatic carbocycles. The number of hydrogen-bond acceptors (Lipinski definition) is 6. The van der Waals surface area contributed by atoms with Crippen LogP contribution in [0.3, 0.4) is 0 Å². The van der Waals surface area contributed by atoms with Gasteiger partial charge in [0.15, 0.2) is 6.61 Å². The molecule has 0 spiro atoms. The largest absolute Gasteiger partial charge is 0.483 e. The van der Waals surface area contributed by atoms with Gasteiger partial charge in [-0.15, -0.1) is 11.3 Å². The quantitative estimate of drug-likeness (QED) is 0.804. The molecule has 1 fully saturated rings. The molecule has 140 valence electrons. The molecule has 6 nitrogen and oxygen atoms in total. The highest BCUT2D eigenvalue weighted by molar-refractivity contribution is 7.07. The van der Waals surface area contributed by atoms with Gasteiger partial charge in [-0.05, 0) is 37.5 Å². The van der Waals surface area contributed by atoms with Gasteiger partial charge in [0.1, 0.15) is 11.9 Å². The van der Waals surface area contributed by atoms with E-state index in [1.807, 2.05) is 37.4 Å². The van der Waals surface area contributed by atoms with Gasteiger partial charge in [-0.25, -0.2) is 4.98 Å². The first-order chi connectivity index (χ1) is 12.6. The van der Waals surface area contributed by atoms with Gasteiger partial charge in [0.05, 0.1) is 30.5 Å². The fourth-order valence-corrected chi connectivity index (χ4v) is 3.36. The summed E-state index contributed by atoms with van der Waals surface area (Å²) in [5.74, 6) is 0.587. The summed E-state index contributed by atoms with van der Waals surface area (Å²) >= 11 is 1.54. The van der Waals surface area contributed by atoms with Crippen molar-refractivity contribution >= 4 is 17.2 Å². The molecule has 7 heteroatoms. The van der Waals surface area contributed by atoms with Crippen LogP contribution in [0, 0.1) is 13.8 Å². The second-order valence-electron chi connectivity index (χ2n) is 6.35. The Labute approximate surface area is 157 Å². The van der Waals surface area contributed by atoms with E-state index in [4.69, 9.17) is 14.2 Å². The number of rotatable bonds is 7. The third-order valence-electron chi connectivity index (χ3n) is 4.49. The number of thiazole rings is 1. The molecule has 2 aromatic rings. The van der Waals surface area contributed by atoms with Crippen LogP contribution in [0.1, 0.15) is 23.2 Å². The number of ether oxygens (including phenoxy) is 3. The SMILES string of the molecule is Cc1cccc(OCC(=O)NC2CCOCC2OCc2cscn2)c1C. The summed E-state index contributed by atoms with van der Waals surface area (Å²) in [6.45, 7) is 5.49. The molecule has 0 radical (unpaired) electrons. The predicted octanol–water partition coefficient (Wildman–Crippen LogP) is 2.63. The van der Waals surface area contributed by atoms with Gasteiger partial charge in [-0.2, -0.15) is 0 Å². The van der Waals surface area contributed by atoms with Gasteiger partial charge in [-0.3, -0.25) is 4.79 Å². The Kier molecular flexibility index (Phi) is 6.60. The third-order valence-corrected chi connectivity index (χ3v) is 5.13. The van der Waals surface area contributed by atoms with Crippen LogP contribution in [-0.4, -0.2) is 42.9 Å². The number of hydrogen-bond donors (Lipinski definition) is 1. The van der Waals surface area contributed by atoms with E-state index in [1.54, 1.807) is 5.51 Å². The monoisotopic (exact) mass is 376 g/mol. The van der Waals surface area contributed by atoms with Crippen molar-refractivity contribution in [2.75, 3.05) is 19.8 Å². The van der Waals surface area contributed by atoms with Crippen LogP contribution in [0.4, 0.5) is 0 Å². The number of benzene rings is 1. The second-order valence-corrected chi connectivity index (χ2v) is 7.07. The number of nitrogens with zero attached hydrogens (tertiary/aromatic N) is 1. The number of carbonyl (C=O) groups is 1. The van der Waals surface area contributed by atoms with Crippen molar-refractivity contribution in [3.63, 3.8) is 0 Å². The molecular weight excluding hydrogens is 352 g/mol. The lowest BCUT2D eigenvalue weighted by Crippen LogP contribution is -2.51. The highest BCUT2D eigenvalue weighted by Crippen LogP contribution is 2.20. The highest BCUT2D eigenvalue weighted by atomic mass is 32.1. The Bertz CT molecular complexity index is 720. The summed E-state index contributed by atoms with van der Waals surface area (Å²) in [5.41, 5.74) is 4.86. The lowest BCUT2D eigenvalue weighted by atomic mass is 10.1. The maximum Gasteiger partial charge on any atom is 0.258 e. The lowest BCUT2D eigenvalue weighted by Gasteiger charge is -2.32. The minimum Gasteiger partial charge on any atom is -0.483 e. The van der Waals surface area contributed by atoms with E-state index >= 15 is 0 Å². The van der Waals surface area contributed by atoms with Crippen molar-refractivity contribution in [3.8, 4) is 5.75 Å². The molecule has 0 bridgehead atoms. The van der Waals surface area contributed by atoms with E-state index in [0.717, 1.165) is 29.0 Å². The molecule has 1 N–H and O–H groups in total. The average molecular weight is 376 g/mol. The topological polar surface area (TPSA) is 69.7 Å². The van der Waals surface area contributed by atoms with E-state index in [0.29, 0.717) is 19.8 Å².